The topological polar surface area (TPSA) is 62.4 Å². The summed E-state index contributed by atoms with van der Waals surface area (Å²) in [7, 11) is 0. The molecule has 1 atom stereocenters. The molecule has 1 fully saturated rings. The largest absolute Gasteiger partial charge is 0.482 e. The maximum atomic E-state index is 11.3. The predicted molar refractivity (Wildman–Crippen MR) is 74.7 cm³/mol. The number of carbonyl (C=O) groups is 1. The van der Waals surface area contributed by atoms with Crippen LogP contribution >= 0.6 is 0 Å². The van der Waals surface area contributed by atoms with Crippen LogP contribution in [0.3, 0.4) is 0 Å². The fraction of sp³-hybridized carbons (Fsp3) is 0.500. The van der Waals surface area contributed by atoms with E-state index in [0.717, 1.165) is 30.2 Å². The van der Waals surface area contributed by atoms with Crippen molar-refractivity contribution in [1.29, 1.82) is 0 Å². The van der Waals surface area contributed by atoms with E-state index in [9.17, 15) is 4.79 Å². The molecular formula is C14H19N3O2. The second kappa shape index (κ2) is 5.48. The molecule has 1 amide bonds. The van der Waals surface area contributed by atoms with E-state index in [1.165, 1.54) is 19.3 Å². The van der Waals surface area contributed by atoms with Crippen LogP contribution in [-0.4, -0.2) is 31.6 Å². The zero-order valence-corrected chi connectivity index (χ0v) is 10.9. The number of ether oxygens (including phenoxy) is 1. The molecule has 5 nitrogen and oxygen atoms in total. The van der Waals surface area contributed by atoms with Crippen LogP contribution in [-0.2, 0) is 4.79 Å². The van der Waals surface area contributed by atoms with Crippen molar-refractivity contribution in [2.24, 2.45) is 0 Å². The van der Waals surface area contributed by atoms with Gasteiger partial charge in [0.1, 0.15) is 5.75 Å². The molecule has 0 radical (unpaired) electrons. The van der Waals surface area contributed by atoms with E-state index in [1.807, 2.05) is 18.2 Å². The molecule has 1 aromatic rings. The first-order chi connectivity index (χ1) is 9.31. The summed E-state index contributed by atoms with van der Waals surface area (Å²) in [5.41, 5.74) is 1.76. The average molecular weight is 261 g/mol. The second-order valence-corrected chi connectivity index (χ2v) is 5.08. The van der Waals surface area contributed by atoms with Crippen LogP contribution in [0.2, 0.25) is 0 Å². The van der Waals surface area contributed by atoms with Crippen molar-refractivity contribution < 1.29 is 9.53 Å². The van der Waals surface area contributed by atoms with Gasteiger partial charge >= 0.3 is 0 Å². The molecule has 0 aliphatic carbocycles. The molecule has 0 saturated carbocycles. The van der Waals surface area contributed by atoms with Crippen molar-refractivity contribution in [1.82, 2.24) is 5.32 Å². The number of nitrogens with one attached hydrogen (secondary N) is 3. The Hall–Kier alpha value is -1.75. The van der Waals surface area contributed by atoms with Gasteiger partial charge in [-0.3, -0.25) is 4.79 Å². The zero-order valence-electron chi connectivity index (χ0n) is 10.9. The number of piperidine rings is 1. The SMILES string of the molecule is O=C1COc2ccc(NCC3CCCCN3)cc2N1. The highest BCUT2D eigenvalue weighted by atomic mass is 16.5. The standard InChI is InChI=1S/C14H19N3O2/c18-14-9-19-13-5-4-10(7-12(13)17-14)16-8-11-3-1-2-6-15-11/h4-5,7,11,15-16H,1-3,6,8-9H2,(H,17,18). The number of benzene rings is 1. The monoisotopic (exact) mass is 261 g/mol. The number of carbonyl (C=O) groups excluding carboxylic acids is 1. The van der Waals surface area contributed by atoms with Crippen molar-refractivity contribution in [2.45, 2.75) is 25.3 Å². The van der Waals surface area contributed by atoms with E-state index < -0.39 is 0 Å². The molecule has 0 spiro atoms. The minimum Gasteiger partial charge on any atom is -0.482 e. The normalized spacial score (nSPS) is 22.1. The Labute approximate surface area is 112 Å². The molecule has 3 rings (SSSR count). The maximum Gasteiger partial charge on any atom is 0.262 e. The van der Waals surface area contributed by atoms with E-state index in [1.54, 1.807) is 0 Å². The lowest BCUT2D eigenvalue weighted by Crippen LogP contribution is -2.39. The lowest BCUT2D eigenvalue weighted by atomic mass is 10.1. The van der Waals surface area contributed by atoms with E-state index >= 15 is 0 Å². The van der Waals surface area contributed by atoms with E-state index in [-0.39, 0.29) is 12.5 Å². The van der Waals surface area contributed by atoms with Gasteiger partial charge in [0, 0.05) is 18.3 Å². The van der Waals surface area contributed by atoms with Gasteiger partial charge in [-0.1, -0.05) is 6.42 Å². The first-order valence-electron chi connectivity index (χ1n) is 6.85. The van der Waals surface area contributed by atoms with Crippen molar-refractivity contribution in [2.75, 3.05) is 30.3 Å². The third-order valence-electron chi connectivity index (χ3n) is 3.58. The molecule has 102 valence electrons. The van der Waals surface area contributed by atoms with E-state index in [0.29, 0.717) is 6.04 Å². The third-order valence-corrected chi connectivity index (χ3v) is 3.58. The quantitative estimate of drug-likeness (QED) is 0.773. The van der Waals surface area contributed by atoms with Gasteiger partial charge in [-0.2, -0.15) is 0 Å². The van der Waals surface area contributed by atoms with Gasteiger partial charge in [-0.05, 0) is 37.6 Å². The molecule has 2 aliphatic rings. The molecule has 1 aromatic carbocycles. The molecule has 1 unspecified atom stereocenters. The summed E-state index contributed by atoms with van der Waals surface area (Å²) >= 11 is 0. The molecule has 19 heavy (non-hydrogen) atoms. The van der Waals surface area contributed by atoms with Gasteiger partial charge in [-0.15, -0.1) is 0 Å². The van der Waals surface area contributed by atoms with Crippen molar-refractivity contribution in [3.63, 3.8) is 0 Å². The van der Waals surface area contributed by atoms with Gasteiger partial charge in [0.25, 0.3) is 5.91 Å². The highest BCUT2D eigenvalue weighted by molar-refractivity contribution is 5.96. The van der Waals surface area contributed by atoms with E-state index in [2.05, 4.69) is 16.0 Å². The Bertz CT molecular complexity index is 470. The Morgan fingerprint density at radius 1 is 1.37 bits per heavy atom. The first-order valence-corrected chi connectivity index (χ1v) is 6.85. The Morgan fingerprint density at radius 3 is 3.16 bits per heavy atom. The molecule has 1 saturated heterocycles. The number of fused-ring (bicyclic) bond motifs is 1. The minimum absolute atomic E-state index is 0.0985. The van der Waals surface area contributed by atoms with Crippen LogP contribution in [0.4, 0.5) is 11.4 Å². The predicted octanol–water partition coefficient (Wildman–Crippen LogP) is 1.57. The fourth-order valence-corrected chi connectivity index (χ4v) is 2.53. The Morgan fingerprint density at radius 2 is 2.32 bits per heavy atom. The smallest absolute Gasteiger partial charge is 0.262 e. The summed E-state index contributed by atoms with van der Waals surface area (Å²) < 4.78 is 5.33. The summed E-state index contributed by atoms with van der Waals surface area (Å²) in [5.74, 6) is 0.638. The summed E-state index contributed by atoms with van der Waals surface area (Å²) in [4.78, 5) is 11.3. The summed E-state index contributed by atoms with van der Waals surface area (Å²) in [6, 6.07) is 6.34. The van der Waals surface area contributed by atoms with Gasteiger partial charge < -0.3 is 20.7 Å². The highest BCUT2D eigenvalue weighted by Gasteiger charge is 2.16. The van der Waals surface area contributed by atoms with Crippen molar-refractivity contribution in [3.05, 3.63) is 18.2 Å². The van der Waals surface area contributed by atoms with Crippen LogP contribution in [0.1, 0.15) is 19.3 Å². The summed E-state index contributed by atoms with van der Waals surface area (Å²) in [6.07, 6.45) is 3.80. The second-order valence-electron chi connectivity index (χ2n) is 5.08. The number of hydrogen-bond acceptors (Lipinski definition) is 4. The van der Waals surface area contributed by atoms with Crippen LogP contribution in [0, 0.1) is 0 Å². The lowest BCUT2D eigenvalue weighted by molar-refractivity contribution is -0.118. The van der Waals surface area contributed by atoms with Crippen LogP contribution in [0.15, 0.2) is 18.2 Å². The number of amides is 1. The van der Waals surface area contributed by atoms with Gasteiger partial charge in [0.05, 0.1) is 5.69 Å². The minimum atomic E-state index is -0.0985. The number of rotatable bonds is 3. The molecule has 5 heteroatoms. The van der Waals surface area contributed by atoms with Gasteiger partial charge in [0.2, 0.25) is 0 Å². The molecule has 2 aliphatic heterocycles. The molecule has 3 N–H and O–H groups in total. The van der Waals surface area contributed by atoms with Crippen LogP contribution in [0.5, 0.6) is 5.75 Å². The lowest BCUT2D eigenvalue weighted by Gasteiger charge is -2.24. The molecule has 0 aromatic heterocycles. The third kappa shape index (κ3) is 2.98. The van der Waals surface area contributed by atoms with Crippen molar-refractivity contribution >= 4 is 17.3 Å². The first kappa shape index (κ1) is 12.3. The summed E-state index contributed by atoms with van der Waals surface area (Å²) in [5, 5.41) is 9.73. The van der Waals surface area contributed by atoms with Gasteiger partial charge in [-0.25, -0.2) is 0 Å². The van der Waals surface area contributed by atoms with Gasteiger partial charge in [0.15, 0.2) is 6.61 Å². The zero-order chi connectivity index (χ0) is 13.1. The van der Waals surface area contributed by atoms with Crippen LogP contribution < -0.4 is 20.7 Å². The Balaban J connectivity index is 1.61. The summed E-state index contributed by atoms with van der Waals surface area (Å²) in [6.45, 7) is 2.12. The Kier molecular flexibility index (Phi) is 3.55. The molecular weight excluding hydrogens is 242 g/mol. The van der Waals surface area contributed by atoms with Crippen LogP contribution in [0.25, 0.3) is 0 Å². The fourth-order valence-electron chi connectivity index (χ4n) is 2.53. The average Bonchev–Trinajstić information content (AvgIpc) is 2.46. The van der Waals surface area contributed by atoms with E-state index in [4.69, 9.17) is 4.74 Å². The molecule has 0 bridgehead atoms. The highest BCUT2D eigenvalue weighted by Crippen LogP contribution is 2.30. The molecule has 2 heterocycles. The number of hydrogen-bond donors (Lipinski definition) is 3. The number of anilines is 2. The maximum absolute atomic E-state index is 11.3. The van der Waals surface area contributed by atoms with Crippen molar-refractivity contribution in [3.8, 4) is 5.75 Å².